The average Bonchev–Trinajstić information content (AvgIpc) is 3.19. The summed E-state index contributed by atoms with van der Waals surface area (Å²) >= 11 is 0. The first kappa shape index (κ1) is 54.5. The Balaban J connectivity index is 4.00. The van der Waals surface area contributed by atoms with E-state index in [-0.39, 0.29) is 32.3 Å². The molecular formula is C47H88NO7P. The van der Waals surface area contributed by atoms with Crippen LogP contribution in [0.2, 0.25) is 0 Å². The van der Waals surface area contributed by atoms with Gasteiger partial charge in [-0.05, 0) is 51.4 Å². The van der Waals surface area contributed by atoms with Crippen LogP contribution in [0.1, 0.15) is 206 Å². The first-order valence-corrected chi connectivity index (χ1v) is 24.6. The highest BCUT2D eigenvalue weighted by Crippen LogP contribution is 2.43. The fourth-order valence-corrected chi connectivity index (χ4v) is 7.17. The van der Waals surface area contributed by atoms with Gasteiger partial charge >= 0.3 is 13.8 Å². The highest BCUT2D eigenvalue weighted by atomic mass is 31.2. The van der Waals surface area contributed by atoms with Crippen molar-refractivity contribution in [3.63, 3.8) is 0 Å². The predicted octanol–water partition coefficient (Wildman–Crippen LogP) is 14.0. The number of rotatable bonds is 44. The molecule has 0 aliphatic heterocycles. The summed E-state index contributed by atoms with van der Waals surface area (Å²) in [6, 6.07) is 0. The van der Waals surface area contributed by atoms with Crippen molar-refractivity contribution < 1.29 is 32.8 Å². The Morgan fingerprint density at radius 3 is 1.48 bits per heavy atom. The molecule has 0 bridgehead atoms. The van der Waals surface area contributed by atoms with Crippen molar-refractivity contribution in [2.24, 2.45) is 5.73 Å². The van der Waals surface area contributed by atoms with E-state index in [1.165, 1.54) is 116 Å². The summed E-state index contributed by atoms with van der Waals surface area (Å²) in [5, 5.41) is 0. The summed E-state index contributed by atoms with van der Waals surface area (Å²) in [6.07, 6.45) is 52.8. The molecular weight excluding hydrogens is 721 g/mol. The lowest BCUT2D eigenvalue weighted by molar-refractivity contribution is -0.154. The summed E-state index contributed by atoms with van der Waals surface area (Å²) in [4.78, 5) is 22.5. The van der Waals surface area contributed by atoms with Crippen molar-refractivity contribution >= 4 is 13.8 Å². The van der Waals surface area contributed by atoms with E-state index in [0.29, 0.717) is 13.0 Å². The quantitative estimate of drug-likeness (QED) is 0.0270. The van der Waals surface area contributed by atoms with Crippen LogP contribution in [0, 0.1) is 0 Å². The number of ether oxygens (including phenoxy) is 2. The Morgan fingerprint density at radius 2 is 1.00 bits per heavy atom. The molecule has 0 saturated heterocycles. The van der Waals surface area contributed by atoms with Gasteiger partial charge in [0.1, 0.15) is 6.10 Å². The molecule has 2 atom stereocenters. The van der Waals surface area contributed by atoms with E-state index in [1.54, 1.807) is 0 Å². The Morgan fingerprint density at radius 1 is 0.554 bits per heavy atom. The monoisotopic (exact) mass is 810 g/mol. The van der Waals surface area contributed by atoms with Gasteiger partial charge in [-0.25, -0.2) is 4.57 Å². The van der Waals surface area contributed by atoms with Crippen LogP contribution < -0.4 is 5.73 Å². The molecule has 56 heavy (non-hydrogen) atoms. The molecule has 0 radical (unpaired) electrons. The molecule has 0 saturated carbocycles. The predicted molar refractivity (Wildman–Crippen MR) is 238 cm³/mol. The lowest BCUT2D eigenvalue weighted by Crippen LogP contribution is -2.28. The van der Waals surface area contributed by atoms with Crippen molar-refractivity contribution in [1.82, 2.24) is 0 Å². The fourth-order valence-electron chi connectivity index (χ4n) is 6.40. The number of nitrogens with two attached hydrogens (primary N) is 1. The number of unbranched alkanes of at least 4 members (excludes halogenated alkanes) is 23. The van der Waals surface area contributed by atoms with Crippen LogP contribution in [0.25, 0.3) is 0 Å². The molecule has 0 aromatic heterocycles. The summed E-state index contributed by atoms with van der Waals surface area (Å²) in [7, 11) is -4.29. The molecule has 0 fully saturated rings. The maximum atomic E-state index is 12.6. The first-order chi connectivity index (χ1) is 27.4. The molecule has 0 amide bonds. The minimum absolute atomic E-state index is 0.0945. The standard InChI is InChI=1S/C47H88NO7P/c1-3-5-7-9-11-13-15-17-19-21-22-23-24-25-26-28-30-32-34-36-38-40-47(49)55-46(45-54-56(50,51)53-43-41-48)44-52-42-39-37-35-33-31-29-27-20-18-16-14-12-10-8-6-4-2/h6,8,12,14,18,20,29,31,46H,3-5,7,9-11,13,15-17,19,21-28,30,32-45,48H2,1-2H3,(H,50,51)/b8-6-,14-12-,20-18-,31-29-. The van der Waals surface area contributed by atoms with E-state index in [2.05, 4.69) is 62.5 Å². The van der Waals surface area contributed by atoms with Crippen LogP contribution in [0.15, 0.2) is 48.6 Å². The van der Waals surface area contributed by atoms with Gasteiger partial charge in [-0.2, -0.15) is 0 Å². The normalized spacial score (nSPS) is 13.9. The molecule has 0 aromatic rings. The second kappa shape index (κ2) is 44.6. The third-order valence-corrected chi connectivity index (χ3v) is 10.7. The summed E-state index contributed by atoms with van der Waals surface area (Å²) < 4.78 is 33.4. The average molecular weight is 810 g/mol. The van der Waals surface area contributed by atoms with E-state index >= 15 is 0 Å². The lowest BCUT2D eigenvalue weighted by Gasteiger charge is -2.20. The number of carbonyl (C=O) groups is 1. The molecule has 0 aromatic carbocycles. The molecule has 328 valence electrons. The summed E-state index contributed by atoms with van der Waals surface area (Å²) in [6.45, 7) is 4.75. The minimum Gasteiger partial charge on any atom is -0.457 e. The number of phosphoric ester groups is 1. The van der Waals surface area contributed by atoms with Gasteiger partial charge in [0.05, 0.1) is 19.8 Å². The van der Waals surface area contributed by atoms with Gasteiger partial charge in [0.15, 0.2) is 0 Å². The van der Waals surface area contributed by atoms with Crippen LogP contribution >= 0.6 is 7.82 Å². The number of hydrogen-bond acceptors (Lipinski definition) is 7. The molecule has 0 rings (SSSR count). The number of allylic oxidation sites excluding steroid dienone is 8. The van der Waals surface area contributed by atoms with Gasteiger partial charge in [-0.15, -0.1) is 0 Å². The Hall–Kier alpha value is -1.54. The van der Waals surface area contributed by atoms with E-state index in [0.717, 1.165) is 70.6 Å². The maximum Gasteiger partial charge on any atom is 0.472 e. The molecule has 0 heterocycles. The molecule has 0 aliphatic carbocycles. The number of hydrogen-bond donors (Lipinski definition) is 2. The summed E-state index contributed by atoms with van der Waals surface area (Å²) in [5.41, 5.74) is 5.37. The van der Waals surface area contributed by atoms with Crippen LogP contribution in [-0.2, 0) is 27.9 Å². The van der Waals surface area contributed by atoms with E-state index in [1.807, 2.05) is 0 Å². The van der Waals surface area contributed by atoms with Crippen molar-refractivity contribution in [3.05, 3.63) is 48.6 Å². The zero-order valence-corrected chi connectivity index (χ0v) is 37.3. The minimum atomic E-state index is -4.29. The third-order valence-electron chi connectivity index (χ3n) is 9.76. The van der Waals surface area contributed by atoms with Gasteiger partial charge in [0.25, 0.3) is 0 Å². The van der Waals surface area contributed by atoms with Gasteiger partial charge in [0.2, 0.25) is 0 Å². The van der Waals surface area contributed by atoms with Gasteiger partial charge in [-0.1, -0.05) is 197 Å². The summed E-state index contributed by atoms with van der Waals surface area (Å²) in [5.74, 6) is -0.339. The van der Waals surface area contributed by atoms with Gasteiger partial charge in [-0.3, -0.25) is 13.8 Å². The van der Waals surface area contributed by atoms with Crippen molar-refractivity contribution in [1.29, 1.82) is 0 Å². The lowest BCUT2D eigenvalue weighted by atomic mass is 10.0. The molecule has 3 N–H and O–H groups in total. The Bertz CT molecular complexity index is 999. The van der Waals surface area contributed by atoms with Crippen molar-refractivity contribution in [2.45, 2.75) is 213 Å². The van der Waals surface area contributed by atoms with E-state index in [9.17, 15) is 14.3 Å². The van der Waals surface area contributed by atoms with E-state index < -0.39 is 13.9 Å². The van der Waals surface area contributed by atoms with E-state index in [4.69, 9.17) is 24.3 Å². The zero-order chi connectivity index (χ0) is 40.9. The molecule has 8 nitrogen and oxygen atoms in total. The molecule has 0 aliphatic rings. The highest BCUT2D eigenvalue weighted by Gasteiger charge is 2.25. The topological polar surface area (TPSA) is 117 Å². The second-order valence-corrected chi connectivity index (χ2v) is 16.7. The largest absolute Gasteiger partial charge is 0.472 e. The SMILES string of the molecule is CC/C=C\C/C=C\C/C=C\C/C=C\CCCCCOCC(COP(=O)(O)OCCN)OC(=O)CCCCCCCCCCCCCCCCCCCCCCC. The number of phosphoric acid groups is 1. The van der Waals surface area contributed by atoms with Crippen LogP contribution in [-0.4, -0.2) is 49.9 Å². The van der Waals surface area contributed by atoms with Crippen LogP contribution in [0.5, 0.6) is 0 Å². The fraction of sp³-hybridized carbons (Fsp3) is 0.809. The molecule has 2 unspecified atom stereocenters. The smallest absolute Gasteiger partial charge is 0.457 e. The molecule has 0 spiro atoms. The van der Waals surface area contributed by atoms with Crippen molar-refractivity contribution in [2.75, 3.05) is 33.0 Å². The van der Waals surface area contributed by atoms with Crippen molar-refractivity contribution in [3.8, 4) is 0 Å². The Labute approximate surface area is 345 Å². The Kier molecular flexibility index (Phi) is 43.3. The number of carbonyl (C=O) groups excluding carboxylic acids is 1. The second-order valence-electron chi connectivity index (χ2n) is 15.2. The van der Waals surface area contributed by atoms with Gasteiger partial charge < -0.3 is 20.1 Å². The van der Waals surface area contributed by atoms with Crippen LogP contribution in [0.3, 0.4) is 0 Å². The van der Waals surface area contributed by atoms with Crippen LogP contribution in [0.4, 0.5) is 0 Å². The first-order valence-electron chi connectivity index (χ1n) is 23.1. The number of esters is 1. The maximum absolute atomic E-state index is 12.6. The third kappa shape index (κ3) is 43.6. The molecule has 9 heteroatoms. The zero-order valence-electron chi connectivity index (χ0n) is 36.4. The van der Waals surface area contributed by atoms with Gasteiger partial charge in [0, 0.05) is 19.6 Å². The highest BCUT2D eigenvalue weighted by molar-refractivity contribution is 7.47.